The Labute approximate surface area is 361 Å². The van der Waals surface area contributed by atoms with Gasteiger partial charge in [-0.15, -0.1) is 0 Å². The molecule has 27 heteroatoms. The fourth-order valence-corrected chi connectivity index (χ4v) is 7.13. The quantitative estimate of drug-likeness (QED) is 0.0717. The van der Waals surface area contributed by atoms with Crippen LogP contribution in [0.4, 0.5) is 105 Å². The molecule has 5 aromatic rings. The zero-order valence-electron chi connectivity index (χ0n) is 32.3. The molecule has 0 spiro atoms. The predicted molar refractivity (Wildman–Crippen MR) is 197 cm³/mol. The number of alkyl halides is 24. The Balaban J connectivity index is 0.000000865. The Morgan fingerprint density at radius 3 is 0.657 bits per heavy atom. The Kier molecular flexibility index (Phi) is 14.8. The molecule has 0 aliphatic heterocycles. The first-order valence-corrected chi connectivity index (χ1v) is 18.8. The van der Waals surface area contributed by atoms with Crippen molar-refractivity contribution in [1.29, 1.82) is 0 Å². The van der Waals surface area contributed by atoms with Gasteiger partial charge in [-0.3, -0.25) is 4.79 Å². The molecule has 364 valence electrons. The summed E-state index contributed by atoms with van der Waals surface area (Å²) >= 11 is 0. The van der Waals surface area contributed by atoms with Crippen LogP contribution in [0.15, 0.2) is 103 Å². The molecular formula is C40H22BF24OP. The third-order valence-electron chi connectivity index (χ3n) is 9.76. The molecule has 0 radical (unpaired) electrons. The summed E-state index contributed by atoms with van der Waals surface area (Å²) in [7, 11) is 1.69. The summed E-state index contributed by atoms with van der Waals surface area (Å²) in [6.07, 6.45) is -54.2. The number of halogens is 24. The lowest BCUT2D eigenvalue weighted by Crippen LogP contribution is -2.75. The summed E-state index contributed by atoms with van der Waals surface area (Å²) in [4.78, 5) is 11.0. The first-order valence-electron chi connectivity index (χ1n) is 17.8. The maximum absolute atomic E-state index is 14.2. The molecule has 0 saturated heterocycles. The highest BCUT2D eigenvalue weighted by molar-refractivity contribution is 7.20. The highest BCUT2D eigenvalue weighted by atomic mass is 31.0. The van der Waals surface area contributed by atoms with Crippen molar-refractivity contribution in [2.45, 2.75) is 49.4 Å². The van der Waals surface area contributed by atoms with E-state index in [-0.39, 0.29) is 5.78 Å². The molecule has 1 nitrogen and oxygen atoms in total. The smallest absolute Gasteiger partial charge is 0.290 e. The lowest BCUT2D eigenvalue weighted by Gasteiger charge is -2.46. The van der Waals surface area contributed by atoms with Gasteiger partial charge in [0, 0.05) is 5.56 Å². The molecule has 5 aromatic carbocycles. The number of carbonyl (C=O) groups excluding carboxylic acids is 1. The van der Waals surface area contributed by atoms with E-state index in [1.165, 1.54) is 0 Å². The molecule has 0 fully saturated rings. The van der Waals surface area contributed by atoms with Crippen molar-refractivity contribution in [3.8, 4) is 0 Å². The molecule has 0 saturated carbocycles. The Hall–Kier alpha value is -5.42. The van der Waals surface area contributed by atoms with Gasteiger partial charge in [0.2, 0.25) is 0 Å². The van der Waals surface area contributed by atoms with Crippen molar-refractivity contribution in [2.75, 3.05) is 6.16 Å². The maximum atomic E-state index is 14.2. The lowest BCUT2D eigenvalue weighted by atomic mass is 9.12. The van der Waals surface area contributed by atoms with Gasteiger partial charge in [-0.25, -0.2) is 0 Å². The van der Waals surface area contributed by atoms with Crippen LogP contribution in [0.5, 0.6) is 0 Å². The van der Waals surface area contributed by atoms with Gasteiger partial charge >= 0.3 is 49.4 Å². The van der Waals surface area contributed by atoms with Crippen LogP contribution < -0.4 is 21.9 Å². The third-order valence-corrected chi connectivity index (χ3v) is 10.2. The minimum Gasteiger partial charge on any atom is -0.290 e. The number of Topliss-reactive ketones (excluding diaryl/α,β-unsaturated/α-hetero) is 1. The second-order valence-electron chi connectivity index (χ2n) is 14.3. The first-order chi connectivity index (χ1) is 30.1. The average molecular weight is 1020 g/mol. The van der Waals surface area contributed by atoms with Crippen LogP contribution in [0, 0.1) is 0 Å². The van der Waals surface area contributed by atoms with E-state index in [0.29, 0.717) is 6.16 Å². The van der Waals surface area contributed by atoms with Gasteiger partial charge in [0.25, 0.3) is 0 Å². The van der Waals surface area contributed by atoms with E-state index >= 15 is 0 Å². The molecule has 0 aliphatic carbocycles. The monoisotopic (exact) mass is 1020 g/mol. The molecule has 0 amide bonds. The minimum absolute atomic E-state index is 0.221. The van der Waals surface area contributed by atoms with Crippen molar-refractivity contribution >= 4 is 43.0 Å². The molecule has 1 unspecified atom stereocenters. The normalized spacial score (nSPS) is 13.6. The molecule has 0 aliphatic rings. The predicted octanol–water partition coefficient (Wildman–Crippen LogP) is 12.7. The molecule has 0 heterocycles. The second-order valence-corrected chi connectivity index (χ2v) is 14.8. The molecule has 1 atom stereocenters. The number of carbonyl (C=O) groups is 1. The van der Waals surface area contributed by atoms with Crippen LogP contribution in [0.1, 0.15) is 54.9 Å². The van der Waals surface area contributed by atoms with E-state index in [4.69, 9.17) is 0 Å². The van der Waals surface area contributed by atoms with Crippen molar-refractivity contribution in [3.05, 3.63) is 153 Å². The number of hydrogen-bond donors (Lipinski definition) is 0. The van der Waals surface area contributed by atoms with E-state index in [0.717, 1.165) is 5.56 Å². The van der Waals surface area contributed by atoms with Crippen LogP contribution in [0.25, 0.3) is 0 Å². The standard InChI is InChI=1S/C32H12BF24.C8H9OP/c34-25(35,36)13-1-14(26(37,38)39)6-21(5-13)33(22-7-15(27(40,41)42)2-16(8-22)28(43,44)45,23-9-17(29(46,47)48)3-18(10-23)30(49,50)51)24-11-19(31(52,53)54)4-20(12-24)32(55,56)57;9-8(6-10)7-4-2-1-3-5-7/h1-12H;1-5H,6,10H2/q-1;/p+1. The maximum Gasteiger partial charge on any atom is 0.416 e. The zero-order valence-corrected chi connectivity index (χ0v) is 33.7. The first kappa shape index (κ1) is 54.2. The third kappa shape index (κ3) is 12.6. The van der Waals surface area contributed by atoms with Gasteiger partial charge in [0.1, 0.15) is 12.3 Å². The lowest BCUT2D eigenvalue weighted by molar-refractivity contribution is -0.144. The highest BCUT2D eigenvalue weighted by Crippen LogP contribution is 2.41. The van der Waals surface area contributed by atoms with Crippen LogP contribution in [-0.2, 0) is 49.4 Å². The Morgan fingerprint density at radius 2 is 0.507 bits per heavy atom. The summed E-state index contributed by atoms with van der Waals surface area (Å²) < 4.78 is 341. The summed E-state index contributed by atoms with van der Waals surface area (Å²) in [6, 6.07) is 0.550. The van der Waals surface area contributed by atoms with E-state index in [2.05, 4.69) is 0 Å². The SMILES string of the molecule is FC(F)(F)c1cc([B-](c2cc(C(F)(F)F)cc(C(F)(F)F)c2)(c2cc(C(F)(F)F)cc(C(F)(F)F)c2)c2cc(C(F)(F)F)cc(C(F)(F)F)c2)cc(C(F)(F)F)c1.O=C(C[PH3+])c1ccccc1. The molecular weight excluding hydrogens is 994 g/mol. The van der Waals surface area contributed by atoms with Crippen LogP contribution in [-0.4, -0.2) is 18.1 Å². The topological polar surface area (TPSA) is 17.1 Å². The summed E-state index contributed by atoms with van der Waals surface area (Å²) in [5.74, 6) is 0.221. The molecule has 67 heavy (non-hydrogen) atoms. The average Bonchev–Trinajstić information content (AvgIpc) is 3.18. The molecule has 0 bridgehead atoms. The fraction of sp³-hybridized carbons (Fsp3) is 0.225. The summed E-state index contributed by atoms with van der Waals surface area (Å²) in [5, 5.41) is 0. The van der Waals surface area contributed by atoms with Gasteiger partial charge in [0.05, 0.1) is 44.5 Å². The second kappa shape index (κ2) is 18.2. The highest BCUT2D eigenvalue weighted by Gasteiger charge is 2.47. The van der Waals surface area contributed by atoms with Crippen LogP contribution in [0.3, 0.4) is 0 Å². The van der Waals surface area contributed by atoms with Crippen LogP contribution in [0.2, 0.25) is 0 Å². The number of rotatable bonds is 6. The van der Waals surface area contributed by atoms with Crippen molar-refractivity contribution in [2.24, 2.45) is 0 Å². The van der Waals surface area contributed by atoms with Gasteiger partial charge in [-0.2, -0.15) is 127 Å². The van der Waals surface area contributed by atoms with E-state index in [1.807, 2.05) is 30.3 Å². The van der Waals surface area contributed by atoms with Crippen molar-refractivity contribution < 1.29 is 110 Å². The van der Waals surface area contributed by atoms with Gasteiger partial charge in [-0.05, 0) is 33.5 Å². The van der Waals surface area contributed by atoms with Crippen LogP contribution >= 0.6 is 9.24 Å². The van der Waals surface area contributed by atoms with Gasteiger partial charge in [0.15, 0.2) is 5.78 Å². The largest absolute Gasteiger partial charge is 0.416 e. The number of hydrogen-bond acceptors (Lipinski definition) is 1. The van der Waals surface area contributed by atoms with E-state index < -0.39 is 195 Å². The summed E-state index contributed by atoms with van der Waals surface area (Å²) in [5.41, 5.74) is -29.4. The molecule has 5 rings (SSSR count). The Morgan fingerprint density at radius 1 is 0.328 bits per heavy atom. The molecule has 0 N–H and O–H groups in total. The Bertz CT molecular complexity index is 2140. The molecule has 0 aromatic heterocycles. The van der Waals surface area contributed by atoms with E-state index in [9.17, 15) is 110 Å². The van der Waals surface area contributed by atoms with Gasteiger partial charge in [-0.1, -0.05) is 78.9 Å². The summed E-state index contributed by atoms with van der Waals surface area (Å²) in [6.45, 7) is 0. The number of benzene rings is 5. The minimum atomic E-state index is -6.13. The van der Waals surface area contributed by atoms with E-state index in [1.54, 1.807) is 9.24 Å². The van der Waals surface area contributed by atoms with Gasteiger partial charge < -0.3 is 0 Å². The fourth-order valence-electron chi connectivity index (χ4n) is 6.84. The van der Waals surface area contributed by atoms with Crippen molar-refractivity contribution in [1.82, 2.24) is 0 Å². The number of ketones is 1. The van der Waals surface area contributed by atoms with Crippen molar-refractivity contribution in [3.63, 3.8) is 0 Å². The zero-order chi connectivity index (χ0) is 51.3.